The Morgan fingerprint density at radius 1 is 1.10 bits per heavy atom. The van der Waals surface area contributed by atoms with Crippen molar-refractivity contribution in [2.75, 3.05) is 16.8 Å². The highest BCUT2D eigenvalue weighted by Crippen LogP contribution is 2.27. The van der Waals surface area contributed by atoms with E-state index in [9.17, 15) is 4.79 Å². The molecular formula is C21H18ClN7O. The first kappa shape index (κ1) is 18.5. The second-order valence-corrected chi connectivity index (χ2v) is 7.66. The number of aromatic nitrogens is 5. The van der Waals surface area contributed by atoms with Gasteiger partial charge in [0.1, 0.15) is 0 Å². The van der Waals surface area contributed by atoms with E-state index < -0.39 is 0 Å². The summed E-state index contributed by atoms with van der Waals surface area (Å²) in [5.41, 5.74) is 5.17. The van der Waals surface area contributed by atoms with Crippen molar-refractivity contribution in [3.63, 3.8) is 0 Å². The van der Waals surface area contributed by atoms with Gasteiger partial charge in [-0.2, -0.15) is 4.52 Å². The van der Waals surface area contributed by atoms with Gasteiger partial charge in [-0.15, -0.1) is 5.10 Å². The highest BCUT2D eigenvalue weighted by molar-refractivity contribution is 6.30. The minimum absolute atomic E-state index is 0.193. The number of pyridine rings is 2. The van der Waals surface area contributed by atoms with Crippen LogP contribution < -0.4 is 15.8 Å². The van der Waals surface area contributed by atoms with Gasteiger partial charge in [0.2, 0.25) is 0 Å². The molecule has 8 nitrogen and oxygen atoms in total. The summed E-state index contributed by atoms with van der Waals surface area (Å²) >= 11 is 6.02. The van der Waals surface area contributed by atoms with Crippen molar-refractivity contribution in [3.05, 3.63) is 81.3 Å². The molecule has 150 valence electrons. The van der Waals surface area contributed by atoms with Gasteiger partial charge in [-0.05, 0) is 36.2 Å². The van der Waals surface area contributed by atoms with Gasteiger partial charge in [0.05, 0.1) is 28.8 Å². The molecule has 1 aliphatic heterocycles. The standard InChI is InChI=1S/C21H18ClN7O/c1-13-6-19-24-4-2-20(30)29(19)27-21(13)28-5-3-18-14(12-28)7-16(11-25-18)26-17-8-15(22)9-23-10-17/h2,4,6-11,26H,3,5,12H2,1H3. The van der Waals surface area contributed by atoms with Gasteiger partial charge in [0.15, 0.2) is 11.5 Å². The molecule has 4 aromatic heterocycles. The molecule has 9 heteroatoms. The number of hydrogen-bond acceptors (Lipinski definition) is 7. The zero-order chi connectivity index (χ0) is 20.7. The van der Waals surface area contributed by atoms with Crippen LogP contribution in [0.25, 0.3) is 5.65 Å². The third kappa shape index (κ3) is 3.46. The number of nitrogens with zero attached hydrogens (tertiary/aromatic N) is 6. The van der Waals surface area contributed by atoms with Crippen molar-refractivity contribution in [3.8, 4) is 0 Å². The van der Waals surface area contributed by atoms with Gasteiger partial charge in [0, 0.05) is 43.7 Å². The van der Waals surface area contributed by atoms with Crippen molar-refractivity contribution < 1.29 is 0 Å². The molecule has 0 fully saturated rings. The van der Waals surface area contributed by atoms with E-state index in [-0.39, 0.29) is 5.56 Å². The molecule has 1 aliphatic rings. The molecule has 0 aromatic carbocycles. The molecule has 0 spiro atoms. The Hall–Kier alpha value is -3.52. The third-order valence-corrected chi connectivity index (χ3v) is 5.28. The van der Waals surface area contributed by atoms with E-state index in [0.29, 0.717) is 17.2 Å². The molecule has 0 unspecified atom stereocenters. The van der Waals surface area contributed by atoms with Crippen molar-refractivity contribution in [2.45, 2.75) is 19.9 Å². The van der Waals surface area contributed by atoms with Crippen LogP contribution in [0.3, 0.4) is 0 Å². The SMILES string of the molecule is Cc1cc2nccc(=O)n2nc1N1CCc2ncc(Nc3cncc(Cl)c3)cc2C1. The molecule has 30 heavy (non-hydrogen) atoms. The molecule has 0 amide bonds. The summed E-state index contributed by atoms with van der Waals surface area (Å²) in [6, 6.07) is 7.20. The molecule has 0 saturated carbocycles. The van der Waals surface area contributed by atoms with Crippen LogP contribution in [0.15, 0.2) is 53.8 Å². The predicted octanol–water partition coefficient (Wildman–Crippen LogP) is 3.15. The third-order valence-electron chi connectivity index (χ3n) is 5.08. The minimum atomic E-state index is -0.193. The van der Waals surface area contributed by atoms with E-state index in [0.717, 1.165) is 47.0 Å². The smallest absolute Gasteiger partial charge is 0.274 e. The monoisotopic (exact) mass is 419 g/mol. The van der Waals surface area contributed by atoms with Gasteiger partial charge in [-0.25, -0.2) is 4.98 Å². The number of hydrogen-bond donors (Lipinski definition) is 1. The van der Waals surface area contributed by atoms with Crippen molar-refractivity contribution in [1.82, 2.24) is 24.6 Å². The van der Waals surface area contributed by atoms with Crippen molar-refractivity contribution in [1.29, 1.82) is 0 Å². The second kappa shape index (κ2) is 7.38. The average molecular weight is 420 g/mol. The summed E-state index contributed by atoms with van der Waals surface area (Å²) in [7, 11) is 0. The average Bonchev–Trinajstić information content (AvgIpc) is 2.73. The van der Waals surface area contributed by atoms with Crippen LogP contribution in [0, 0.1) is 6.92 Å². The van der Waals surface area contributed by atoms with Gasteiger partial charge in [-0.1, -0.05) is 11.6 Å². The predicted molar refractivity (Wildman–Crippen MR) is 116 cm³/mol. The largest absolute Gasteiger partial charge is 0.353 e. The lowest BCUT2D eigenvalue weighted by Crippen LogP contribution is -2.33. The fourth-order valence-corrected chi connectivity index (χ4v) is 3.86. The van der Waals surface area contributed by atoms with E-state index in [1.54, 1.807) is 12.4 Å². The first-order valence-electron chi connectivity index (χ1n) is 9.53. The van der Waals surface area contributed by atoms with Crippen LogP contribution in [0.2, 0.25) is 5.02 Å². The van der Waals surface area contributed by atoms with Crippen LogP contribution in [0.1, 0.15) is 16.8 Å². The Balaban J connectivity index is 1.46. The maximum Gasteiger partial charge on any atom is 0.274 e. The van der Waals surface area contributed by atoms with E-state index >= 15 is 0 Å². The summed E-state index contributed by atoms with van der Waals surface area (Å²) in [4.78, 5) is 27.3. The van der Waals surface area contributed by atoms with Gasteiger partial charge in [0.25, 0.3) is 5.56 Å². The summed E-state index contributed by atoms with van der Waals surface area (Å²) < 4.78 is 1.35. The van der Waals surface area contributed by atoms with Gasteiger partial charge < -0.3 is 10.2 Å². The van der Waals surface area contributed by atoms with Gasteiger partial charge >= 0.3 is 0 Å². The highest BCUT2D eigenvalue weighted by Gasteiger charge is 2.21. The minimum Gasteiger partial charge on any atom is -0.353 e. The molecule has 5 rings (SSSR count). The maximum absolute atomic E-state index is 12.2. The van der Waals surface area contributed by atoms with Crippen LogP contribution in [0.5, 0.6) is 0 Å². The van der Waals surface area contributed by atoms with E-state index in [1.165, 1.54) is 16.8 Å². The first-order chi connectivity index (χ1) is 14.6. The lowest BCUT2D eigenvalue weighted by atomic mass is 10.0. The zero-order valence-electron chi connectivity index (χ0n) is 16.2. The Morgan fingerprint density at radius 2 is 1.97 bits per heavy atom. The molecule has 1 N–H and O–H groups in total. The molecule has 4 aromatic rings. The van der Waals surface area contributed by atoms with Crippen LogP contribution in [-0.4, -0.2) is 31.1 Å². The zero-order valence-corrected chi connectivity index (χ0v) is 17.0. The lowest BCUT2D eigenvalue weighted by Gasteiger charge is -2.30. The Bertz CT molecular complexity index is 1320. The van der Waals surface area contributed by atoms with Gasteiger partial charge in [-0.3, -0.25) is 14.8 Å². The Morgan fingerprint density at radius 3 is 2.83 bits per heavy atom. The first-order valence-corrected chi connectivity index (χ1v) is 9.91. The summed E-state index contributed by atoms with van der Waals surface area (Å²) in [5, 5.41) is 8.44. The number of anilines is 3. The van der Waals surface area contributed by atoms with Crippen molar-refractivity contribution in [2.24, 2.45) is 0 Å². The topological polar surface area (TPSA) is 88.3 Å². The Kier molecular flexibility index (Phi) is 4.55. The van der Waals surface area contributed by atoms with Crippen molar-refractivity contribution >= 4 is 34.4 Å². The summed E-state index contributed by atoms with van der Waals surface area (Å²) in [6.07, 6.45) is 7.43. The molecule has 5 heterocycles. The van der Waals surface area contributed by atoms with Crippen LogP contribution >= 0.6 is 11.6 Å². The number of rotatable bonds is 3. The van der Waals surface area contributed by atoms with E-state index in [1.807, 2.05) is 25.3 Å². The normalized spacial score (nSPS) is 13.3. The van der Waals surface area contributed by atoms with Crippen LogP contribution in [0.4, 0.5) is 17.2 Å². The van der Waals surface area contributed by atoms with E-state index in [2.05, 4.69) is 36.3 Å². The molecular weight excluding hydrogens is 402 g/mol. The quantitative estimate of drug-likeness (QED) is 0.545. The number of halogens is 1. The Labute approximate surface area is 177 Å². The summed E-state index contributed by atoms with van der Waals surface area (Å²) in [5.74, 6) is 0.778. The fraction of sp³-hybridized carbons (Fsp3) is 0.190. The molecule has 0 saturated heterocycles. The number of aryl methyl sites for hydroxylation is 1. The molecule has 0 radical (unpaired) electrons. The van der Waals surface area contributed by atoms with Crippen LogP contribution in [-0.2, 0) is 13.0 Å². The number of fused-ring (bicyclic) bond motifs is 2. The summed E-state index contributed by atoms with van der Waals surface area (Å²) in [6.45, 7) is 3.42. The maximum atomic E-state index is 12.2. The van der Waals surface area contributed by atoms with E-state index in [4.69, 9.17) is 11.6 Å². The second-order valence-electron chi connectivity index (χ2n) is 7.22. The lowest BCUT2D eigenvalue weighted by molar-refractivity contribution is 0.686. The molecule has 0 atom stereocenters. The highest BCUT2D eigenvalue weighted by atomic mass is 35.5. The molecule has 0 bridgehead atoms. The molecule has 0 aliphatic carbocycles. The fourth-order valence-electron chi connectivity index (χ4n) is 3.68. The number of nitrogens with one attached hydrogen (secondary N) is 1.